The van der Waals surface area contributed by atoms with E-state index in [0.29, 0.717) is 5.02 Å². The van der Waals surface area contributed by atoms with Gasteiger partial charge in [0.1, 0.15) is 0 Å². The summed E-state index contributed by atoms with van der Waals surface area (Å²) >= 11 is 5.72. The van der Waals surface area contributed by atoms with E-state index in [2.05, 4.69) is 4.72 Å². The minimum Gasteiger partial charge on any atom is -0.397 e. The van der Waals surface area contributed by atoms with E-state index in [-0.39, 0.29) is 30.2 Å². The predicted molar refractivity (Wildman–Crippen MR) is 73.6 cm³/mol. The Morgan fingerprint density at radius 3 is 2.79 bits per heavy atom. The quantitative estimate of drug-likeness (QED) is 0.640. The molecule has 0 bridgehead atoms. The van der Waals surface area contributed by atoms with Gasteiger partial charge in [-0.3, -0.25) is 0 Å². The molecular formula is C11H17ClN2O4S. The molecule has 0 spiro atoms. The summed E-state index contributed by atoms with van der Waals surface area (Å²) < 4.78 is 30.9. The SMILES string of the molecule is COCC(O)CCNS(=O)(=O)c1ccc(Cl)c(N)c1. The standard InChI is InChI=1S/C11H17ClN2O4S/c1-18-7-8(15)4-5-14-19(16,17)9-2-3-10(12)11(13)6-9/h2-3,6,8,14-15H,4-5,7,13H2,1H3. The third-order valence-corrected chi connectivity index (χ3v) is 4.21. The molecule has 1 rings (SSSR count). The average molecular weight is 309 g/mol. The van der Waals surface area contributed by atoms with E-state index in [0.717, 1.165) is 0 Å². The fourth-order valence-electron chi connectivity index (χ4n) is 1.41. The first-order valence-electron chi connectivity index (χ1n) is 5.58. The number of nitrogen functional groups attached to an aromatic ring is 1. The lowest BCUT2D eigenvalue weighted by Gasteiger charge is -2.11. The van der Waals surface area contributed by atoms with Gasteiger partial charge in [0.25, 0.3) is 0 Å². The van der Waals surface area contributed by atoms with Crippen LogP contribution in [-0.2, 0) is 14.8 Å². The molecule has 0 saturated carbocycles. The van der Waals surface area contributed by atoms with Gasteiger partial charge < -0.3 is 15.6 Å². The molecule has 1 atom stereocenters. The molecule has 0 saturated heterocycles. The molecule has 0 aliphatic rings. The minimum atomic E-state index is -3.65. The Hall–Kier alpha value is -0.860. The van der Waals surface area contributed by atoms with E-state index in [1.165, 1.54) is 25.3 Å². The van der Waals surface area contributed by atoms with Crippen LogP contribution >= 0.6 is 11.6 Å². The molecule has 19 heavy (non-hydrogen) atoms. The molecule has 0 radical (unpaired) electrons. The molecule has 0 aromatic heterocycles. The summed E-state index contributed by atoms with van der Waals surface area (Å²) in [6, 6.07) is 4.08. The van der Waals surface area contributed by atoms with Crippen LogP contribution in [-0.4, -0.2) is 39.9 Å². The Bertz CT molecular complexity index is 521. The first kappa shape index (κ1) is 16.2. The van der Waals surface area contributed by atoms with Gasteiger partial charge in [-0.05, 0) is 24.6 Å². The van der Waals surface area contributed by atoms with E-state index in [4.69, 9.17) is 22.1 Å². The maximum atomic E-state index is 11.9. The molecule has 1 aromatic carbocycles. The Morgan fingerprint density at radius 2 is 2.21 bits per heavy atom. The van der Waals surface area contributed by atoms with Crippen molar-refractivity contribution in [2.24, 2.45) is 0 Å². The second-order valence-electron chi connectivity index (χ2n) is 3.98. The van der Waals surface area contributed by atoms with Gasteiger partial charge in [-0.15, -0.1) is 0 Å². The van der Waals surface area contributed by atoms with Gasteiger partial charge in [-0.25, -0.2) is 13.1 Å². The summed E-state index contributed by atoms with van der Waals surface area (Å²) in [5.74, 6) is 0. The second kappa shape index (κ2) is 7.06. The van der Waals surface area contributed by atoms with E-state index >= 15 is 0 Å². The van der Waals surface area contributed by atoms with Crippen molar-refractivity contribution in [1.82, 2.24) is 4.72 Å². The highest BCUT2D eigenvalue weighted by Gasteiger charge is 2.15. The lowest BCUT2D eigenvalue weighted by Crippen LogP contribution is -2.28. The lowest BCUT2D eigenvalue weighted by atomic mass is 10.3. The normalized spacial score (nSPS) is 13.4. The van der Waals surface area contributed by atoms with Gasteiger partial charge in [-0.1, -0.05) is 11.6 Å². The summed E-state index contributed by atoms with van der Waals surface area (Å²) in [7, 11) is -2.19. The summed E-state index contributed by atoms with van der Waals surface area (Å²) in [6.07, 6.45) is -0.446. The summed E-state index contributed by atoms with van der Waals surface area (Å²) in [5, 5.41) is 9.70. The van der Waals surface area contributed by atoms with Crippen LogP contribution in [0.1, 0.15) is 6.42 Å². The number of sulfonamides is 1. The van der Waals surface area contributed by atoms with Crippen LogP contribution in [0.3, 0.4) is 0 Å². The Labute approximate surface area is 117 Å². The van der Waals surface area contributed by atoms with Gasteiger partial charge in [0.2, 0.25) is 10.0 Å². The topological polar surface area (TPSA) is 102 Å². The highest BCUT2D eigenvalue weighted by molar-refractivity contribution is 7.89. The van der Waals surface area contributed by atoms with Gasteiger partial charge in [0.05, 0.1) is 28.3 Å². The van der Waals surface area contributed by atoms with Crippen LogP contribution in [0.15, 0.2) is 23.1 Å². The first-order valence-corrected chi connectivity index (χ1v) is 7.44. The van der Waals surface area contributed by atoms with Crippen LogP contribution < -0.4 is 10.5 Å². The number of hydrogen-bond donors (Lipinski definition) is 3. The number of methoxy groups -OCH3 is 1. The molecule has 0 aliphatic carbocycles. The van der Waals surface area contributed by atoms with Gasteiger partial charge in [0.15, 0.2) is 0 Å². The zero-order valence-electron chi connectivity index (χ0n) is 10.5. The molecule has 0 amide bonds. The Balaban J connectivity index is 2.63. The third kappa shape index (κ3) is 4.96. The highest BCUT2D eigenvalue weighted by Crippen LogP contribution is 2.21. The summed E-state index contributed by atoms with van der Waals surface area (Å²) in [6.45, 7) is 0.269. The fourth-order valence-corrected chi connectivity index (χ4v) is 2.61. The number of aliphatic hydroxyl groups is 1. The number of nitrogens with one attached hydrogen (secondary N) is 1. The van der Waals surface area contributed by atoms with Crippen molar-refractivity contribution in [2.45, 2.75) is 17.4 Å². The number of benzene rings is 1. The molecule has 8 heteroatoms. The van der Waals surface area contributed by atoms with Gasteiger partial charge in [0, 0.05) is 13.7 Å². The number of halogens is 1. The monoisotopic (exact) mass is 308 g/mol. The number of nitrogens with two attached hydrogens (primary N) is 1. The number of hydrogen-bond acceptors (Lipinski definition) is 5. The van der Waals surface area contributed by atoms with Gasteiger partial charge in [-0.2, -0.15) is 0 Å². The Morgan fingerprint density at radius 1 is 1.53 bits per heavy atom. The third-order valence-electron chi connectivity index (χ3n) is 2.41. The van der Waals surface area contributed by atoms with E-state index in [1.54, 1.807) is 0 Å². The molecule has 6 nitrogen and oxygen atoms in total. The number of anilines is 1. The van der Waals surface area contributed by atoms with Crippen LogP contribution in [0.4, 0.5) is 5.69 Å². The maximum absolute atomic E-state index is 11.9. The van der Waals surface area contributed by atoms with Crippen LogP contribution in [0, 0.1) is 0 Å². The van der Waals surface area contributed by atoms with Crippen molar-refractivity contribution in [3.63, 3.8) is 0 Å². The number of ether oxygens (including phenoxy) is 1. The smallest absolute Gasteiger partial charge is 0.240 e. The van der Waals surface area contributed by atoms with Crippen LogP contribution in [0.25, 0.3) is 0 Å². The Kier molecular flexibility index (Phi) is 6.02. The predicted octanol–water partition coefficient (Wildman–Crippen LogP) is 0.598. The molecule has 108 valence electrons. The maximum Gasteiger partial charge on any atom is 0.240 e. The largest absolute Gasteiger partial charge is 0.397 e. The second-order valence-corrected chi connectivity index (χ2v) is 6.15. The zero-order valence-corrected chi connectivity index (χ0v) is 12.0. The van der Waals surface area contributed by atoms with Crippen molar-refractivity contribution in [3.8, 4) is 0 Å². The van der Waals surface area contributed by atoms with E-state index in [9.17, 15) is 13.5 Å². The van der Waals surface area contributed by atoms with E-state index in [1.807, 2.05) is 0 Å². The minimum absolute atomic E-state index is 0.0376. The molecule has 1 aromatic rings. The zero-order chi connectivity index (χ0) is 14.5. The lowest BCUT2D eigenvalue weighted by molar-refractivity contribution is 0.0603. The molecule has 0 heterocycles. The molecule has 0 aliphatic heterocycles. The number of aliphatic hydroxyl groups excluding tert-OH is 1. The molecule has 4 N–H and O–H groups in total. The van der Waals surface area contributed by atoms with Gasteiger partial charge >= 0.3 is 0 Å². The molecule has 1 unspecified atom stereocenters. The number of rotatable bonds is 7. The van der Waals surface area contributed by atoms with Crippen LogP contribution in [0.2, 0.25) is 5.02 Å². The summed E-state index contributed by atoms with van der Waals surface area (Å²) in [4.78, 5) is 0.0376. The highest BCUT2D eigenvalue weighted by atomic mass is 35.5. The van der Waals surface area contributed by atoms with Crippen LogP contribution in [0.5, 0.6) is 0 Å². The van der Waals surface area contributed by atoms with Crippen molar-refractivity contribution in [1.29, 1.82) is 0 Å². The first-order chi connectivity index (χ1) is 8.86. The van der Waals surface area contributed by atoms with E-state index < -0.39 is 16.1 Å². The average Bonchev–Trinajstić information content (AvgIpc) is 2.32. The fraction of sp³-hybridized carbons (Fsp3) is 0.455. The van der Waals surface area contributed by atoms with Crippen molar-refractivity contribution >= 4 is 27.3 Å². The van der Waals surface area contributed by atoms with Crippen molar-refractivity contribution in [2.75, 3.05) is 26.0 Å². The molecular weight excluding hydrogens is 292 g/mol. The molecule has 0 fully saturated rings. The van der Waals surface area contributed by atoms with Crippen molar-refractivity contribution < 1.29 is 18.3 Å². The van der Waals surface area contributed by atoms with Crippen molar-refractivity contribution in [3.05, 3.63) is 23.2 Å². The summed E-state index contributed by atoms with van der Waals surface area (Å²) in [5.41, 5.74) is 5.75.